The summed E-state index contributed by atoms with van der Waals surface area (Å²) in [6.07, 6.45) is -3.38. The summed E-state index contributed by atoms with van der Waals surface area (Å²) >= 11 is 1.21. The molecule has 0 spiro atoms. The zero-order valence-corrected chi connectivity index (χ0v) is 10.2. The van der Waals surface area contributed by atoms with Crippen molar-refractivity contribution in [2.45, 2.75) is 23.7 Å². The number of hydrogen-bond acceptors (Lipinski definition) is 6. The molecule has 0 bridgehead atoms. The molecule has 1 saturated heterocycles. The number of ether oxygens (including phenoxy) is 1. The number of aliphatic hydroxyl groups is 3. The number of thioether (sulfide) groups is 1. The van der Waals surface area contributed by atoms with Crippen LogP contribution in [0.4, 0.5) is 0 Å². The van der Waals surface area contributed by atoms with Gasteiger partial charge in [0.05, 0.1) is 11.7 Å². The average Bonchev–Trinajstić information content (AvgIpc) is 2.40. The largest absolute Gasteiger partial charge is 0.476 e. The van der Waals surface area contributed by atoms with Gasteiger partial charge < -0.3 is 20.1 Å². The van der Waals surface area contributed by atoms with Crippen molar-refractivity contribution in [1.82, 2.24) is 0 Å². The van der Waals surface area contributed by atoms with Crippen molar-refractivity contribution in [3.63, 3.8) is 0 Å². The van der Waals surface area contributed by atoms with E-state index in [9.17, 15) is 15.3 Å². The Bertz CT molecular complexity index is 462. The maximum absolute atomic E-state index is 9.79. The van der Waals surface area contributed by atoms with E-state index in [1.54, 1.807) is 24.3 Å². The number of aliphatic hydroxyl groups excluding tert-OH is 3. The number of hydrogen-bond donors (Lipinski definition) is 3. The summed E-state index contributed by atoms with van der Waals surface area (Å²) in [5.41, 5.74) is -0.330. The van der Waals surface area contributed by atoms with E-state index in [-0.39, 0.29) is 5.75 Å². The molecule has 5 nitrogen and oxygen atoms in total. The molecule has 2 rings (SSSR count). The summed E-state index contributed by atoms with van der Waals surface area (Å²) in [6.45, 7) is 0. The van der Waals surface area contributed by atoms with Crippen molar-refractivity contribution in [2.24, 2.45) is 0 Å². The van der Waals surface area contributed by atoms with Crippen LogP contribution in [0, 0.1) is 11.3 Å². The lowest BCUT2D eigenvalue weighted by atomic mass is 10.1. The summed E-state index contributed by atoms with van der Waals surface area (Å²) in [7, 11) is 0. The maximum atomic E-state index is 9.79. The van der Waals surface area contributed by atoms with Crippen LogP contribution >= 0.6 is 11.8 Å². The molecule has 1 aromatic rings. The van der Waals surface area contributed by atoms with Crippen molar-refractivity contribution in [3.8, 4) is 11.8 Å². The highest BCUT2D eigenvalue weighted by Crippen LogP contribution is 2.30. The molecule has 0 radical (unpaired) electrons. The van der Waals surface area contributed by atoms with E-state index in [1.807, 2.05) is 6.07 Å². The Morgan fingerprint density at radius 2 is 1.94 bits per heavy atom. The second-order valence-corrected chi connectivity index (χ2v) is 5.11. The van der Waals surface area contributed by atoms with Gasteiger partial charge >= 0.3 is 0 Å². The fourth-order valence-electron chi connectivity index (χ4n) is 1.67. The van der Waals surface area contributed by atoms with Gasteiger partial charge in [0.1, 0.15) is 24.0 Å². The number of nitriles is 1. The van der Waals surface area contributed by atoms with Crippen LogP contribution < -0.4 is 4.74 Å². The van der Waals surface area contributed by atoms with E-state index >= 15 is 0 Å². The standard InChI is InChI=1S/C12H13NO4S/c13-5-7-3-1-2-4-9(7)17-12-11(16)10(15)8(14)6-18-12/h1-4,8,10-12,14-16H,6H2/t8-,10+,11-,12+/m1/s1. The Kier molecular flexibility index (Phi) is 4.09. The van der Waals surface area contributed by atoms with E-state index in [0.29, 0.717) is 11.3 Å². The molecule has 1 aliphatic heterocycles. The Labute approximate surface area is 109 Å². The SMILES string of the molecule is N#Cc1ccccc1O[C@H]1SC[C@@H](O)[C@H](O)[C@H]1O. The van der Waals surface area contributed by atoms with Crippen LogP contribution in [0.25, 0.3) is 0 Å². The molecule has 0 aromatic heterocycles. The van der Waals surface area contributed by atoms with Crippen LogP contribution in [0.5, 0.6) is 5.75 Å². The molecule has 6 heteroatoms. The van der Waals surface area contributed by atoms with Crippen molar-refractivity contribution in [3.05, 3.63) is 29.8 Å². The highest BCUT2D eigenvalue weighted by molar-refractivity contribution is 7.99. The smallest absolute Gasteiger partial charge is 0.173 e. The van der Waals surface area contributed by atoms with Gasteiger partial charge in [0.15, 0.2) is 5.44 Å². The van der Waals surface area contributed by atoms with Gasteiger partial charge in [0.25, 0.3) is 0 Å². The highest BCUT2D eigenvalue weighted by atomic mass is 32.2. The summed E-state index contributed by atoms with van der Waals surface area (Å²) in [5.74, 6) is 0.637. The third-order valence-electron chi connectivity index (χ3n) is 2.70. The number of benzene rings is 1. The Balaban J connectivity index is 2.12. The predicted octanol–water partition coefficient (Wildman–Crippen LogP) is 0.0927. The van der Waals surface area contributed by atoms with Gasteiger partial charge in [-0.05, 0) is 12.1 Å². The van der Waals surface area contributed by atoms with Crippen LogP contribution in [0.1, 0.15) is 5.56 Å². The first kappa shape index (κ1) is 13.2. The number of nitrogens with zero attached hydrogens (tertiary/aromatic N) is 1. The quantitative estimate of drug-likeness (QED) is 0.703. The molecule has 0 saturated carbocycles. The maximum Gasteiger partial charge on any atom is 0.173 e. The summed E-state index contributed by atoms with van der Waals surface area (Å²) in [5, 5.41) is 37.7. The van der Waals surface area contributed by atoms with Crippen LogP contribution in [-0.4, -0.2) is 44.8 Å². The summed E-state index contributed by atoms with van der Waals surface area (Å²) in [6, 6.07) is 8.67. The molecule has 1 aliphatic rings. The van der Waals surface area contributed by atoms with Gasteiger partial charge in [-0.15, -0.1) is 11.8 Å². The Morgan fingerprint density at radius 1 is 1.22 bits per heavy atom. The zero-order valence-electron chi connectivity index (χ0n) is 9.43. The first-order valence-corrected chi connectivity index (χ1v) is 6.50. The minimum absolute atomic E-state index is 0.275. The molecule has 96 valence electrons. The average molecular weight is 267 g/mol. The zero-order chi connectivity index (χ0) is 13.1. The second-order valence-electron chi connectivity index (χ2n) is 3.98. The van der Waals surface area contributed by atoms with Crippen molar-refractivity contribution in [1.29, 1.82) is 5.26 Å². The van der Waals surface area contributed by atoms with Crippen LogP contribution in [0.2, 0.25) is 0 Å². The van der Waals surface area contributed by atoms with E-state index in [1.165, 1.54) is 11.8 Å². The summed E-state index contributed by atoms with van der Waals surface area (Å²) in [4.78, 5) is 0. The fourth-order valence-corrected chi connectivity index (χ4v) is 2.78. The molecule has 18 heavy (non-hydrogen) atoms. The topological polar surface area (TPSA) is 93.7 Å². The minimum Gasteiger partial charge on any atom is -0.476 e. The highest BCUT2D eigenvalue weighted by Gasteiger charge is 2.38. The van der Waals surface area contributed by atoms with Crippen LogP contribution in [-0.2, 0) is 0 Å². The first-order chi connectivity index (χ1) is 8.63. The van der Waals surface area contributed by atoms with Crippen LogP contribution in [0.3, 0.4) is 0 Å². The van der Waals surface area contributed by atoms with Gasteiger partial charge in [0, 0.05) is 5.75 Å². The lowest BCUT2D eigenvalue weighted by Crippen LogP contribution is -2.50. The van der Waals surface area contributed by atoms with E-state index in [0.717, 1.165) is 0 Å². The van der Waals surface area contributed by atoms with Gasteiger partial charge in [-0.3, -0.25) is 0 Å². The molecular weight excluding hydrogens is 254 g/mol. The lowest BCUT2D eigenvalue weighted by molar-refractivity contribution is -0.0786. The molecule has 0 unspecified atom stereocenters. The van der Waals surface area contributed by atoms with Gasteiger partial charge in [0.2, 0.25) is 0 Å². The minimum atomic E-state index is -1.23. The normalized spacial score (nSPS) is 31.7. The van der Waals surface area contributed by atoms with Crippen molar-refractivity contribution in [2.75, 3.05) is 5.75 Å². The molecular formula is C12H13NO4S. The molecule has 1 aromatic carbocycles. The molecule has 0 amide bonds. The molecule has 4 atom stereocenters. The van der Waals surface area contributed by atoms with Crippen molar-refractivity contribution >= 4 is 11.8 Å². The van der Waals surface area contributed by atoms with E-state index in [2.05, 4.69) is 0 Å². The lowest BCUT2D eigenvalue weighted by Gasteiger charge is -2.34. The van der Waals surface area contributed by atoms with E-state index < -0.39 is 23.7 Å². The molecule has 3 N–H and O–H groups in total. The fraction of sp³-hybridized carbons (Fsp3) is 0.417. The van der Waals surface area contributed by atoms with Gasteiger partial charge in [-0.1, -0.05) is 12.1 Å². The van der Waals surface area contributed by atoms with Crippen LogP contribution in [0.15, 0.2) is 24.3 Å². The molecule has 0 aliphatic carbocycles. The van der Waals surface area contributed by atoms with E-state index in [4.69, 9.17) is 10.00 Å². The second kappa shape index (κ2) is 5.59. The Morgan fingerprint density at radius 3 is 2.67 bits per heavy atom. The first-order valence-electron chi connectivity index (χ1n) is 5.45. The monoisotopic (exact) mass is 267 g/mol. The predicted molar refractivity (Wildman–Crippen MR) is 66.1 cm³/mol. The van der Waals surface area contributed by atoms with Crippen molar-refractivity contribution < 1.29 is 20.1 Å². The summed E-state index contributed by atoms with van der Waals surface area (Å²) < 4.78 is 5.53. The molecule has 1 heterocycles. The van der Waals surface area contributed by atoms with Gasteiger partial charge in [-0.2, -0.15) is 5.26 Å². The Hall–Kier alpha value is -1.26. The third kappa shape index (κ3) is 2.60. The number of rotatable bonds is 2. The molecule has 1 fully saturated rings. The van der Waals surface area contributed by atoms with Gasteiger partial charge in [-0.25, -0.2) is 0 Å². The third-order valence-corrected chi connectivity index (χ3v) is 3.94. The number of para-hydroxylation sites is 1.